The molecule has 0 bridgehead atoms. The van der Waals surface area contributed by atoms with Crippen LogP contribution in [-0.4, -0.2) is 27.8 Å². The van der Waals surface area contributed by atoms with Crippen LogP contribution in [0.1, 0.15) is 16.2 Å². The third-order valence-corrected chi connectivity index (χ3v) is 2.13. The summed E-state index contributed by atoms with van der Waals surface area (Å²) in [6.45, 7) is 1.90. The molecule has 0 fully saturated rings. The highest BCUT2D eigenvalue weighted by Crippen LogP contribution is 2.08. The van der Waals surface area contributed by atoms with Crippen LogP contribution in [-0.2, 0) is 4.74 Å². The summed E-state index contributed by atoms with van der Waals surface area (Å²) in [6.07, 6.45) is 3.38. The number of esters is 1. The quantitative estimate of drug-likeness (QED) is 0.713. The van der Waals surface area contributed by atoms with E-state index >= 15 is 0 Å². The zero-order valence-corrected chi connectivity index (χ0v) is 9.04. The van der Waals surface area contributed by atoms with Crippen molar-refractivity contribution in [2.75, 3.05) is 7.11 Å². The van der Waals surface area contributed by atoms with Gasteiger partial charge in [0.15, 0.2) is 0 Å². The van der Waals surface area contributed by atoms with Crippen LogP contribution in [0.25, 0.3) is 5.69 Å². The lowest BCUT2D eigenvalue weighted by Crippen LogP contribution is -2.05. The molecule has 0 amide bonds. The van der Waals surface area contributed by atoms with Gasteiger partial charge >= 0.3 is 5.97 Å². The van der Waals surface area contributed by atoms with Crippen molar-refractivity contribution in [1.29, 1.82) is 0 Å². The van der Waals surface area contributed by atoms with Crippen molar-refractivity contribution < 1.29 is 9.53 Å². The molecule has 0 radical (unpaired) electrons. The van der Waals surface area contributed by atoms with E-state index in [0.717, 1.165) is 11.4 Å². The molecule has 82 valence electrons. The maximum Gasteiger partial charge on any atom is 0.356 e. The van der Waals surface area contributed by atoms with Gasteiger partial charge in [0.2, 0.25) is 0 Å². The largest absolute Gasteiger partial charge is 0.464 e. The highest BCUT2D eigenvalue weighted by Gasteiger charge is 2.08. The van der Waals surface area contributed by atoms with Crippen molar-refractivity contribution in [3.8, 4) is 5.69 Å². The Kier molecular flexibility index (Phi) is 2.68. The number of hydrogen-bond donors (Lipinski definition) is 0. The summed E-state index contributed by atoms with van der Waals surface area (Å²) in [4.78, 5) is 15.2. The van der Waals surface area contributed by atoms with Crippen molar-refractivity contribution >= 4 is 5.97 Å². The van der Waals surface area contributed by atoms with Gasteiger partial charge in [0.05, 0.1) is 18.5 Å². The molecule has 5 nitrogen and oxygen atoms in total. The normalized spacial score (nSPS) is 10.1. The van der Waals surface area contributed by atoms with Crippen LogP contribution in [0.3, 0.4) is 0 Å². The Morgan fingerprint density at radius 1 is 1.44 bits per heavy atom. The summed E-state index contributed by atoms with van der Waals surface area (Å²) < 4.78 is 6.29. The van der Waals surface area contributed by atoms with E-state index in [9.17, 15) is 4.79 Å². The molecule has 0 aliphatic heterocycles. The molecular weight excluding hydrogens is 206 g/mol. The van der Waals surface area contributed by atoms with Gasteiger partial charge in [-0.3, -0.25) is 0 Å². The first-order valence-electron chi connectivity index (χ1n) is 4.78. The minimum atomic E-state index is -0.453. The van der Waals surface area contributed by atoms with Crippen LogP contribution in [0.15, 0.2) is 30.6 Å². The van der Waals surface area contributed by atoms with Gasteiger partial charge in [0, 0.05) is 12.4 Å². The lowest BCUT2D eigenvalue weighted by molar-refractivity contribution is 0.0594. The van der Waals surface area contributed by atoms with Crippen molar-refractivity contribution in [2.45, 2.75) is 6.92 Å². The Bertz CT molecular complexity index is 519. The fraction of sp³-hybridized carbons (Fsp3) is 0.182. The van der Waals surface area contributed by atoms with Gasteiger partial charge in [-0.15, -0.1) is 0 Å². The summed E-state index contributed by atoms with van der Waals surface area (Å²) in [6, 6.07) is 5.30. The minimum Gasteiger partial charge on any atom is -0.464 e. The molecule has 0 saturated carbocycles. The second-order valence-corrected chi connectivity index (χ2v) is 3.29. The maximum atomic E-state index is 11.3. The van der Waals surface area contributed by atoms with E-state index < -0.39 is 5.97 Å². The third kappa shape index (κ3) is 1.93. The van der Waals surface area contributed by atoms with Crippen molar-refractivity contribution in [3.05, 3.63) is 42.0 Å². The Labute approximate surface area is 92.7 Å². The molecule has 2 aromatic rings. The molecule has 2 heterocycles. The molecule has 0 aliphatic carbocycles. The monoisotopic (exact) mass is 217 g/mol. The van der Waals surface area contributed by atoms with Gasteiger partial charge in [0.1, 0.15) is 5.69 Å². The summed E-state index contributed by atoms with van der Waals surface area (Å²) in [7, 11) is 1.33. The fourth-order valence-corrected chi connectivity index (χ4v) is 1.34. The Hall–Kier alpha value is -2.17. The van der Waals surface area contributed by atoms with Crippen LogP contribution in [0.2, 0.25) is 0 Å². The molecule has 0 N–H and O–H groups in total. The van der Waals surface area contributed by atoms with E-state index in [1.807, 2.05) is 19.2 Å². The molecule has 16 heavy (non-hydrogen) atoms. The maximum absolute atomic E-state index is 11.3. The van der Waals surface area contributed by atoms with Crippen LogP contribution in [0.4, 0.5) is 0 Å². The van der Waals surface area contributed by atoms with Gasteiger partial charge in [-0.25, -0.2) is 14.5 Å². The summed E-state index contributed by atoms with van der Waals surface area (Å²) in [5.41, 5.74) is 1.97. The number of pyridine rings is 1. The Morgan fingerprint density at radius 3 is 2.88 bits per heavy atom. The van der Waals surface area contributed by atoms with Crippen LogP contribution >= 0.6 is 0 Å². The Morgan fingerprint density at radius 2 is 2.25 bits per heavy atom. The number of nitrogens with zero attached hydrogens (tertiary/aromatic N) is 3. The smallest absolute Gasteiger partial charge is 0.356 e. The van der Waals surface area contributed by atoms with E-state index in [4.69, 9.17) is 0 Å². The highest BCUT2D eigenvalue weighted by atomic mass is 16.5. The topological polar surface area (TPSA) is 57.0 Å². The molecule has 0 aliphatic rings. The van der Waals surface area contributed by atoms with E-state index in [2.05, 4.69) is 14.8 Å². The van der Waals surface area contributed by atoms with E-state index in [0.29, 0.717) is 0 Å². The Balaban J connectivity index is 2.39. The van der Waals surface area contributed by atoms with Crippen LogP contribution in [0.5, 0.6) is 0 Å². The van der Waals surface area contributed by atoms with Gasteiger partial charge in [-0.2, -0.15) is 5.10 Å². The number of hydrogen-bond acceptors (Lipinski definition) is 4. The average Bonchev–Trinajstić information content (AvgIpc) is 2.75. The van der Waals surface area contributed by atoms with Gasteiger partial charge < -0.3 is 4.74 Å². The van der Waals surface area contributed by atoms with Crippen LogP contribution in [0, 0.1) is 6.92 Å². The number of rotatable bonds is 2. The number of carbonyl (C=O) groups excluding carboxylic acids is 1. The second-order valence-electron chi connectivity index (χ2n) is 3.29. The molecule has 0 unspecified atom stereocenters. The number of carbonyl (C=O) groups is 1. The standard InChI is InChI=1S/C11H11N3O2/c1-8-4-6-14(13-8)9-3-5-12-10(7-9)11(15)16-2/h3-7H,1-2H3. The third-order valence-electron chi connectivity index (χ3n) is 2.13. The van der Waals surface area contributed by atoms with Gasteiger partial charge in [-0.05, 0) is 25.1 Å². The molecule has 0 saturated heterocycles. The summed E-state index contributed by atoms with van der Waals surface area (Å²) >= 11 is 0. The fourth-order valence-electron chi connectivity index (χ4n) is 1.34. The number of methoxy groups -OCH3 is 1. The zero-order valence-electron chi connectivity index (χ0n) is 9.04. The average molecular weight is 217 g/mol. The van der Waals surface area contributed by atoms with Gasteiger partial charge in [-0.1, -0.05) is 0 Å². The van der Waals surface area contributed by atoms with Gasteiger partial charge in [0.25, 0.3) is 0 Å². The first-order chi connectivity index (χ1) is 7.70. The number of aromatic nitrogens is 3. The highest BCUT2D eigenvalue weighted by molar-refractivity contribution is 5.87. The van der Waals surface area contributed by atoms with Crippen molar-refractivity contribution in [3.63, 3.8) is 0 Å². The number of aryl methyl sites for hydroxylation is 1. The molecule has 2 aromatic heterocycles. The molecule has 5 heteroatoms. The molecule has 0 spiro atoms. The second kappa shape index (κ2) is 4.14. The minimum absolute atomic E-state index is 0.271. The van der Waals surface area contributed by atoms with Crippen molar-refractivity contribution in [1.82, 2.24) is 14.8 Å². The summed E-state index contributed by atoms with van der Waals surface area (Å²) in [5, 5.41) is 4.24. The molecular formula is C11H11N3O2. The van der Waals surface area contributed by atoms with E-state index in [1.54, 1.807) is 23.0 Å². The molecule has 0 aromatic carbocycles. The van der Waals surface area contributed by atoms with E-state index in [-0.39, 0.29) is 5.69 Å². The first kappa shape index (κ1) is 10.4. The number of ether oxygens (including phenoxy) is 1. The zero-order chi connectivity index (χ0) is 11.5. The van der Waals surface area contributed by atoms with E-state index in [1.165, 1.54) is 7.11 Å². The lowest BCUT2D eigenvalue weighted by Gasteiger charge is -2.02. The van der Waals surface area contributed by atoms with Crippen LogP contribution < -0.4 is 0 Å². The first-order valence-corrected chi connectivity index (χ1v) is 4.78. The molecule has 0 atom stereocenters. The summed E-state index contributed by atoms with van der Waals surface area (Å²) in [5.74, 6) is -0.453. The predicted octanol–water partition coefficient (Wildman–Crippen LogP) is 1.36. The molecule has 2 rings (SSSR count). The van der Waals surface area contributed by atoms with Crippen molar-refractivity contribution in [2.24, 2.45) is 0 Å². The SMILES string of the molecule is COC(=O)c1cc(-n2ccc(C)n2)ccn1. The lowest BCUT2D eigenvalue weighted by atomic mass is 10.3. The predicted molar refractivity (Wildman–Crippen MR) is 57.4 cm³/mol.